The highest BCUT2D eigenvalue weighted by Gasteiger charge is 2.19. The summed E-state index contributed by atoms with van der Waals surface area (Å²) in [5.74, 6) is 1.64. The van der Waals surface area contributed by atoms with E-state index in [1.807, 2.05) is 53.4 Å². The number of thioether (sulfide) groups is 1. The van der Waals surface area contributed by atoms with Gasteiger partial charge in [0.25, 0.3) is 5.91 Å². The number of nitrogens with one attached hydrogen (secondary N) is 1. The van der Waals surface area contributed by atoms with Gasteiger partial charge in [-0.3, -0.25) is 9.59 Å². The normalized spacial score (nSPS) is 13.4. The molecular formula is C22H23N3O2S. The Morgan fingerprint density at radius 3 is 2.68 bits per heavy atom. The third kappa shape index (κ3) is 5.37. The van der Waals surface area contributed by atoms with Crippen LogP contribution in [0, 0.1) is 11.3 Å². The molecule has 0 aliphatic carbocycles. The molecule has 0 radical (unpaired) electrons. The molecule has 1 heterocycles. The van der Waals surface area contributed by atoms with Crippen molar-refractivity contribution in [2.24, 2.45) is 0 Å². The Hall–Kier alpha value is -2.78. The first-order valence-corrected chi connectivity index (χ1v) is 10.5. The monoisotopic (exact) mass is 393 g/mol. The van der Waals surface area contributed by atoms with E-state index >= 15 is 0 Å². The van der Waals surface area contributed by atoms with Crippen molar-refractivity contribution in [2.75, 3.05) is 18.8 Å². The maximum Gasteiger partial charge on any atom is 0.251 e. The second-order valence-electron chi connectivity index (χ2n) is 6.69. The van der Waals surface area contributed by atoms with Crippen molar-refractivity contribution in [2.45, 2.75) is 25.1 Å². The highest BCUT2D eigenvalue weighted by molar-refractivity contribution is 7.98. The molecule has 144 valence electrons. The molecule has 0 bridgehead atoms. The summed E-state index contributed by atoms with van der Waals surface area (Å²) < 4.78 is 0. The molecule has 2 aromatic rings. The van der Waals surface area contributed by atoms with Crippen LogP contribution in [0.15, 0.2) is 48.5 Å². The number of hydrogen-bond donors (Lipinski definition) is 1. The quantitative estimate of drug-likeness (QED) is 0.698. The van der Waals surface area contributed by atoms with Crippen LogP contribution in [-0.4, -0.2) is 35.6 Å². The van der Waals surface area contributed by atoms with E-state index in [4.69, 9.17) is 5.26 Å². The second kappa shape index (κ2) is 9.95. The summed E-state index contributed by atoms with van der Waals surface area (Å²) in [5, 5.41) is 12.0. The zero-order valence-corrected chi connectivity index (χ0v) is 16.5. The van der Waals surface area contributed by atoms with Crippen molar-refractivity contribution in [3.63, 3.8) is 0 Å². The average molecular weight is 394 g/mol. The molecular weight excluding hydrogens is 370 g/mol. The van der Waals surface area contributed by atoms with Gasteiger partial charge in [-0.05, 0) is 35.7 Å². The minimum atomic E-state index is -0.0955. The Morgan fingerprint density at radius 1 is 1.18 bits per heavy atom. The van der Waals surface area contributed by atoms with Gasteiger partial charge in [-0.25, -0.2) is 0 Å². The van der Waals surface area contributed by atoms with Gasteiger partial charge in [-0.15, -0.1) is 0 Å². The molecule has 0 spiro atoms. The van der Waals surface area contributed by atoms with E-state index in [-0.39, 0.29) is 11.8 Å². The van der Waals surface area contributed by atoms with Crippen LogP contribution in [0.1, 0.15) is 39.9 Å². The van der Waals surface area contributed by atoms with E-state index in [0.29, 0.717) is 30.6 Å². The molecule has 3 rings (SSSR count). The minimum Gasteiger partial charge on any atom is -0.351 e. The molecule has 0 saturated carbocycles. The summed E-state index contributed by atoms with van der Waals surface area (Å²) in [6, 6.07) is 17.2. The lowest BCUT2D eigenvalue weighted by atomic mass is 10.1. The van der Waals surface area contributed by atoms with Crippen molar-refractivity contribution >= 4 is 23.6 Å². The summed E-state index contributed by atoms with van der Waals surface area (Å²) in [4.78, 5) is 25.8. The topological polar surface area (TPSA) is 73.2 Å². The Morgan fingerprint density at radius 2 is 1.96 bits per heavy atom. The van der Waals surface area contributed by atoms with Gasteiger partial charge in [-0.1, -0.05) is 30.3 Å². The summed E-state index contributed by atoms with van der Waals surface area (Å²) in [6.45, 7) is 2.00. The molecule has 1 saturated heterocycles. The van der Waals surface area contributed by atoms with Crippen LogP contribution in [0.4, 0.5) is 0 Å². The molecule has 1 aliphatic rings. The first kappa shape index (κ1) is 20.0. The van der Waals surface area contributed by atoms with Gasteiger partial charge >= 0.3 is 0 Å². The standard InChI is InChI=1S/C22H23N3O2S/c23-14-19-4-1-2-5-20(19)16-28-13-11-24-22(27)18-9-7-17(8-10-18)15-25-12-3-6-21(25)26/h1-2,4-5,7-10H,3,6,11-13,15-16H2,(H,24,27). The van der Waals surface area contributed by atoms with E-state index in [2.05, 4.69) is 11.4 Å². The Labute approximate surface area is 169 Å². The number of carbonyl (C=O) groups is 2. The van der Waals surface area contributed by atoms with Gasteiger partial charge in [0, 0.05) is 43.1 Å². The van der Waals surface area contributed by atoms with Gasteiger partial charge in [-0.2, -0.15) is 17.0 Å². The molecule has 0 atom stereocenters. The van der Waals surface area contributed by atoms with Crippen molar-refractivity contribution < 1.29 is 9.59 Å². The van der Waals surface area contributed by atoms with Crippen molar-refractivity contribution in [3.05, 3.63) is 70.8 Å². The number of rotatable bonds is 8. The van der Waals surface area contributed by atoms with Gasteiger partial charge in [0.15, 0.2) is 0 Å². The van der Waals surface area contributed by atoms with Crippen molar-refractivity contribution in [1.82, 2.24) is 10.2 Å². The Kier molecular flexibility index (Phi) is 7.10. The van der Waals surface area contributed by atoms with Gasteiger partial charge in [0.05, 0.1) is 11.6 Å². The van der Waals surface area contributed by atoms with Crippen LogP contribution in [0.25, 0.3) is 0 Å². The molecule has 6 heteroatoms. The van der Waals surface area contributed by atoms with Crippen molar-refractivity contribution in [1.29, 1.82) is 5.26 Å². The van der Waals surface area contributed by atoms with Crippen LogP contribution in [0.5, 0.6) is 0 Å². The molecule has 28 heavy (non-hydrogen) atoms. The third-order valence-electron chi connectivity index (χ3n) is 4.69. The van der Waals surface area contributed by atoms with Crippen LogP contribution >= 0.6 is 11.8 Å². The summed E-state index contributed by atoms with van der Waals surface area (Å²) in [7, 11) is 0. The third-order valence-corrected chi connectivity index (χ3v) is 5.70. The SMILES string of the molecule is N#Cc1ccccc1CSCCNC(=O)c1ccc(CN2CCCC2=O)cc1. The summed E-state index contributed by atoms with van der Waals surface area (Å²) in [5.41, 5.74) is 3.39. The molecule has 1 fully saturated rings. The van der Waals surface area contributed by atoms with Gasteiger partial charge < -0.3 is 10.2 Å². The van der Waals surface area contributed by atoms with Crippen LogP contribution in [0.3, 0.4) is 0 Å². The lowest BCUT2D eigenvalue weighted by Crippen LogP contribution is -2.26. The van der Waals surface area contributed by atoms with E-state index in [0.717, 1.165) is 35.6 Å². The molecule has 1 aliphatic heterocycles. The van der Waals surface area contributed by atoms with Crippen molar-refractivity contribution in [3.8, 4) is 6.07 Å². The van der Waals surface area contributed by atoms with Gasteiger partial charge in [0.1, 0.15) is 0 Å². The van der Waals surface area contributed by atoms with Crippen LogP contribution in [0.2, 0.25) is 0 Å². The number of carbonyl (C=O) groups excluding carboxylic acids is 2. The fourth-order valence-corrected chi connectivity index (χ4v) is 3.99. The zero-order chi connectivity index (χ0) is 19.8. The number of benzene rings is 2. The first-order valence-electron chi connectivity index (χ1n) is 9.38. The maximum atomic E-state index is 12.3. The number of amides is 2. The summed E-state index contributed by atoms with van der Waals surface area (Å²) >= 11 is 1.69. The van der Waals surface area contributed by atoms with E-state index in [1.165, 1.54) is 0 Å². The second-order valence-corrected chi connectivity index (χ2v) is 7.80. The lowest BCUT2D eigenvalue weighted by molar-refractivity contribution is -0.128. The molecule has 5 nitrogen and oxygen atoms in total. The fraction of sp³-hybridized carbons (Fsp3) is 0.318. The predicted octanol–water partition coefficient (Wildman–Crippen LogP) is 3.34. The smallest absolute Gasteiger partial charge is 0.251 e. The number of likely N-dealkylation sites (tertiary alicyclic amines) is 1. The first-order chi connectivity index (χ1) is 13.7. The molecule has 0 aromatic heterocycles. The average Bonchev–Trinajstić information content (AvgIpc) is 3.13. The fourth-order valence-electron chi connectivity index (χ4n) is 3.13. The van der Waals surface area contributed by atoms with E-state index in [9.17, 15) is 9.59 Å². The van der Waals surface area contributed by atoms with Crippen LogP contribution in [-0.2, 0) is 17.1 Å². The van der Waals surface area contributed by atoms with E-state index in [1.54, 1.807) is 11.8 Å². The highest BCUT2D eigenvalue weighted by Crippen LogP contribution is 2.16. The summed E-state index contributed by atoms with van der Waals surface area (Å²) in [6.07, 6.45) is 1.57. The zero-order valence-electron chi connectivity index (χ0n) is 15.7. The molecule has 2 amide bonds. The highest BCUT2D eigenvalue weighted by atomic mass is 32.2. The molecule has 2 aromatic carbocycles. The van der Waals surface area contributed by atoms with Gasteiger partial charge in [0.2, 0.25) is 5.91 Å². The number of nitrogens with zero attached hydrogens (tertiary/aromatic N) is 2. The maximum absolute atomic E-state index is 12.3. The van der Waals surface area contributed by atoms with E-state index < -0.39 is 0 Å². The Balaban J connectivity index is 1.40. The number of hydrogen-bond acceptors (Lipinski definition) is 4. The van der Waals surface area contributed by atoms with Crippen LogP contribution < -0.4 is 5.32 Å². The molecule has 0 unspecified atom stereocenters. The number of nitriles is 1. The lowest BCUT2D eigenvalue weighted by Gasteiger charge is -2.15. The largest absolute Gasteiger partial charge is 0.351 e. The Bertz CT molecular complexity index is 874. The minimum absolute atomic E-state index is 0.0955. The predicted molar refractivity (Wildman–Crippen MR) is 111 cm³/mol. The molecule has 1 N–H and O–H groups in total.